The Morgan fingerprint density at radius 3 is 2.54 bits per heavy atom. The molecular formula is C20H16BrFN2O2. The van der Waals surface area contributed by atoms with Crippen molar-refractivity contribution >= 4 is 27.5 Å². The number of anilines is 1. The normalized spacial score (nSPS) is 10.6. The van der Waals surface area contributed by atoms with E-state index in [0.29, 0.717) is 11.3 Å². The van der Waals surface area contributed by atoms with Gasteiger partial charge >= 0.3 is 0 Å². The van der Waals surface area contributed by atoms with Gasteiger partial charge in [-0.1, -0.05) is 28.1 Å². The van der Waals surface area contributed by atoms with E-state index in [0.717, 1.165) is 15.6 Å². The molecule has 4 nitrogen and oxygen atoms in total. The molecule has 0 aliphatic heterocycles. The maximum atomic E-state index is 13.0. The lowest BCUT2D eigenvalue weighted by molar-refractivity contribution is 0.102. The van der Waals surface area contributed by atoms with Gasteiger partial charge in [-0.05, 0) is 54.4 Å². The molecule has 1 heterocycles. The molecule has 0 radical (unpaired) electrons. The van der Waals surface area contributed by atoms with Crippen molar-refractivity contribution in [2.45, 2.75) is 13.5 Å². The van der Waals surface area contributed by atoms with Gasteiger partial charge in [0, 0.05) is 22.4 Å². The minimum Gasteiger partial charge on any atom is -0.322 e. The van der Waals surface area contributed by atoms with E-state index in [1.54, 1.807) is 18.2 Å². The fourth-order valence-corrected chi connectivity index (χ4v) is 2.75. The molecule has 0 saturated heterocycles. The molecule has 1 amide bonds. The minimum atomic E-state index is -0.334. The van der Waals surface area contributed by atoms with Crippen molar-refractivity contribution in [3.63, 3.8) is 0 Å². The Hall–Kier alpha value is -2.73. The average Bonchev–Trinajstić information content (AvgIpc) is 2.62. The van der Waals surface area contributed by atoms with Gasteiger partial charge in [-0.25, -0.2) is 4.39 Å². The van der Waals surface area contributed by atoms with Crippen LogP contribution in [-0.2, 0) is 6.54 Å². The summed E-state index contributed by atoms with van der Waals surface area (Å²) in [7, 11) is 0. The summed E-state index contributed by atoms with van der Waals surface area (Å²) in [6, 6.07) is 14.3. The number of amides is 1. The molecule has 132 valence electrons. The quantitative estimate of drug-likeness (QED) is 0.689. The van der Waals surface area contributed by atoms with Gasteiger partial charge in [0.1, 0.15) is 5.82 Å². The zero-order chi connectivity index (χ0) is 18.7. The van der Waals surface area contributed by atoms with Crippen LogP contribution in [0.25, 0.3) is 0 Å². The van der Waals surface area contributed by atoms with E-state index in [1.165, 1.54) is 35.0 Å². The molecular weight excluding hydrogens is 399 g/mol. The fourth-order valence-electron chi connectivity index (χ4n) is 2.50. The summed E-state index contributed by atoms with van der Waals surface area (Å²) in [6.45, 7) is 2.19. The SMILES string of the molecule is Cc1cc(NC(=O)c2ccc(=O)n(Cc3ccc(F)cc3)c2)ccc1Br. The van der Waals surface area contributed by atoms with Gasteiger partial charge in [-0.15, -0.1) is 0 Å². The third-order valence-corrected chi connectivity index (χ3v) is 4.82. The van der Waals surface area contributed by atoms with Crippen molar-refractivity contribution in [2.24, 2.45) is 0 Å². The van der Waals surface area contributed by atoms with Crippen LogP contribution in [0.15, 0.2) is 70.1 Å². The first-order valence-electron chi connectivity index (χ1n) is 7.95. The molecule has 26 heavy (non-hydrogen) atoms. The third-order valence-electron chi connectivity index (χ3n) is 3.93. The summed E-state index contributed by atoms with van der Waals surface area (Å²) < 4.78 is 15.4. The van der Waals surface area contributed by atoms with E-state index in [9.17, 15) is 14.0 Å². The van der Waals surface area contributed by atoms with E-state index >= 15 is 0 Å². The monoisotopic (exact) mass is 414 g/mol. The minimum absolute atomic E-state index is 0.231. The number of carbonyl (C=O) groups excluding carboxylic acids is 1. The van der Waals surface area contributed by atoms with Crippen LogP contribution >= 0.6 is 15.9 Å². The zero-order valence-electron chi connectivity index (χ0n) is 14.0. The number of halogens is 2. The first-order valence-corrected chi connectivity index (χ1v) is 8.74. The number of nitrogens with zero attached hydrogens (tertiary/aromatic N) is 1. The van der Waals surface area contributed by atoms with Gasteiger partial charge < -0.3 is 9.88 Å². The highest BCUT2D eigenvalue weighted by Gasteiger charge is 2.09. The summed E-state index contributed by atoms with van der Waals surface area (Å²) in [5.41, 5.74) is 2.59. The van der Waals surface area contributed by atoms with Crippen LogP contribution in [0.3, 0.4) is 0 Å². The number of hydrogen-bond donors (Lipinski definition) is 1. The van der Waals surface area contributed by atoms with E-state index in [-0.39, 0.29) is 23.8 Å². The van der Waals surface area contributed by atoms with Crippen LogP contribution in [-0.4, -0.2) is 10.5 Å². The molecule has 3 rings (SSSR count). The molecule has 2 aromatic carbocycles. The van der Waals surface area contributed by atoms with Crippen molar-refractivity contribution in [3.8, 4) is 0 Å². The number of aryl methyl sites for hydroxylation is 1. The first-order chi connectivity index (χ1) is 12.4. The second-order valence-electron chi connectivity index (χ2n) is 5.93. The van der Waals surface area contributed by atoms with Crippen LogP contribution in [0.2, 0.25) is 0 Å². The highest BCUT2D eigenvalue weighted by Crippen LogP contribution is 2.20. The van der Waals surface area contributed by atoms with Crippen LogP contribution in [0.4, 0.5) is 10.1 Å². The predicted octanol–water partition coefficient (Wildman–Crippen LogP) is 4.36. The van der Waals surface area contributed by atoms with E-state index in [2.05, 4.69) is 21.2 Å². The molecule has 0 bridgehead atoms. The second kappa shape index (κ2) is 7.66. The maximum absolute atomic E-state index is 13.0. The Morgan fingerprint density at radius 2 is 1.85 bits per heavy atom. The Balaban J connectivity index is 1.81. The molecule has 0 aliphatic carbocycles. The number of carbonyl (C=O) groups is 1. The molecule has 0 unspecified atom stereocenters. The molecule has 0 aliphatic rings. The highest BCUT2D eigenvalue weighted by atomic mass is 79.9. The fraction of sp³-hybridized carbons (Fsp3) is 0.100. The van der Waals surface area contributed by atoms with Crippen LogP contribution < -0.4 is 10.9 Å². The Kier molecular flexibility index (Phi) is 5.32. The van der Waals surface area contributed by atoms with Gasteiger partial charge in [0.25, 0.3) is 11.5 Å². The molecule has 1 aromatic heterocycles. The predicted molar refractivity (Wildman–Crippen MR) is 103 cm³/mol. The standard InChI is InChI=1S/C20H16BrFN2O2/c1-13-10-17(7-8-18(13)21)23-20(26)15-4-9-19(25)24(12-15)11-14-2-5-16(22)6-3-14/h2-10,12H,11H2,1H3,(H,23,26). The summed E-state index contributed by atoms with van der Waals surface area (Å²) in [5, 5.41) is 2.82. The summed E-state index contributed by atoms with van der Waals surface area (Å²) in [5.74, 6) is -0.640. The largest absolute Gasteiger partial charge is 0.322 e. The lowest BCUT2D eigenvalue weighted by Gasteiger charge is -2.10. The molecule has 0 fully saturated rings. The van der Waals surface area contributed by atoms with Crippen molar-refractivity contribution in [2.75, 3.05) is 5.32 Å². The van der Waals surface area contributed by atoms with E-state index < -0.39 is 0 Å². The lowest BCUT2D eigenvalue weighted by Crippen LogP contribution is -2.22. The number of pyridine rings is 1. The summed E-state index contributed by atoms with van der Waals surface area (Å²) >= 11 is 3.42. The van der Waals surface area contributed by atoms with Crippen LogP contribution in [0.1, 0.15) is 21.5 Å². The van der Waals surface area contributed by atoms with Crippen molar-refractivity contribution in [1.29, 1.82) is 0 Å². The number of rotatable bonds is 4. The lowest BCUT2D eigenvalue weighted by atomic mass is 10.2. The molecule has 1 N–H and O–H groups in total. The Labute approximate surface area is 158 Å². The third kappa shape index (κ3) is 4.26. The van der Waals surface area contributed by atoms with Crippen LogP contribution in [0.5, 0.6) is 0 Å². The van der Waals surface area contributed by atoms with Gasteiger partial charge in [0.15, 0.2) is 0 Å². The number of benzene rings is 2. The smallest absolute Gasteiger partial charge is 0.257 e. The van der Waals surface area contributed by atoms with Crippen molar-refractivity contribution < 1.29 is 9.18 Å². The topological polar surface area (TPSA) is 51.1 Å². The van der Waals surface area contributed by atoms with Gasteiger partial charge in [-0.3, -0.25) is 9.59 Å². The first kappa shape index (κ1) is 18.1. The molecule has 0 atom stereocenters. The van der Waals surface area contributed by atoms with Crippen molar-refractivity contribution in [3.05, 3.63) is 98.1 Å². The zero-order valence-corrected chi connectivity index (χ0v) is 15.6. The average molecular weight is 415 g/mol. The number of nitrogens with one attached hydrogen (secondary N) is 1. The Morgan fingerprint density at radius 1 is 1.12 bits per heavy atom. The maximum Gasteiger partial charge on any atom is 0.257 e. The number of hydrogen-bond acceptors (Lipinski definition) is 2. The molecule has 0 saturated carbocycles. The van der Waals surface area contributed by atoms with Gasteiger partial charge in [0.2, 0.25) is 0 Å². The summed E-state index contributed by atoms with van der Waals surface area (Å²) in [6.07, 6.45) is 1.51. The van der Waals surface area contributed by atoms with Gasteiger partial charge in [-0.2, -0.15) is 0 Å². The second-order valence-corrected chi connectivity index (χ2v) is 6.78. The Bertz CT molecular complexity index is 1010. The van der Waals surface area contributed by atoms with E-state index in [4.69, 9.17) is 0 Å². The highest BCUT2D eigenvalue weighted by molar-refractivity contribution is 9.10. The van der Waals surface area contributed by atoms with Crippen molar-refractivity contribution in [1.82, 2.24) is 4.57 Å². The number of aromatic nitrogens is 1. The molecule has 3 aromatic rings. The molecule has 6 heteroatoms. The van der Waals surface area contributed by atoms with Crippen LogP contribution in [0, 0.1) is 12.7 Å². The molecule has 0 spiro atoms. The van der Waals surface area contributed by atoms with E-state index in [1.807, 2.05) is 19.1 Å². The van der Waals surface area contributed by atoms with Gasteiger partial charge in [0.05, 0.1) is 12.1 Å². The summed E-state index contributed by atoms with van der Waals surface area (Å²) in [4.78, 5) is 24.5.